The number of hydrogen-bond acceptors (Lipinski definition) is 3. The number of carbonyl (C=O) groups excluding carboxylic acids is 2. The molecule has 0 spiro atoms. The van der Waals surface area contributed by atoms with Gasteiger partial charge < -0.3 is 14.3 Å². The van der Waals surface area contributed by atoms with Crippen molar-refractivity contribution < 1.29 is 45.4 Å². The summed E-state index contributed by atoms with van der Waals surface area (Å²) in [5, 5.41) is 0. The second kappa shape index (κ2) is 46.2. The Hall–Kier alpha value is -1.12. The van der Waals surface area contributed by atoms with Crippen molar-refractivity contribution in [3.8, 4) is 0 Å². The van der Waals surface area contributed by atoms with Crippen molar-refractivity contribution in [3.05, 3.63) is 39.2 Å². The average Bonchev–Trinajstić information content (AvgIpc) is 2.37. The Bertz CT molecular complexity index is 184. The van der Waals surface area contributed by atoms with Crippen molar-refractivity contribution in [2.75, 3.05) is 0 Å². The predicted octanol–water partition coefficient (Wildman–Crippen LogP) is 0.155. The number of rotatable bonds is 6. The van der Waals surface area contributed by atoms with Crippen LogP contribution in [-0.4, -0.2) is 18.9 Å². The molecule has 0 rings (SSSR count). The van der Waals surface area contributed by atoms with Crippen LogP contribution in [0.3, 0.4) is 0 Å². The van der Waals surface area contributed by atoms with Crippen LogP contribution in [-0.2, 0) is 45.4 Å². The van der Waals surface area contributed by atoms with Crippen LogP contribution < -0.4 is 0 Å². The van der Waals surface area contributed by atoms with E-state index in [0.717, 1.165) is 0 Å². The van der Waals surface area contributed by atoms with Crippen molar-refractivity contribution >= 4 is 12.8 Å². The molecule has 3 radical (unpaired) electrons. The topological polar surface area (TPSA) is 103 Å². The molecule has 0 aliphatic heterocycles. The first-order chi connectivity index (χ1) is 7.81. The zero-order valence-corrected chi connectivity index (χ0v) is 9.79. The maximum absolute atomic E-state index is 9.72. The molecular formula is C10H8FeO6-. The minimum absolute atomic E-state index is 0. The van der Waals surface area contributed by atoms with E-state index in [1.165, 1.54) is 19.3 Å². The first-order valence-corrected chi connectivity index (χ1v) is 3.40. The molecule has 0 saturated heterocycles. The van der Waals surface area contributed by atoms with Gasteiger partial charge in [0.05, 0.1) is 6.10 Å². The normalized spacial score (nSPS) is 7.47. The molecule has 0 bridgehead atoms. The summed E-state index contributed by atoms with van der Waals surface area (Å²) < 4.78 is 26.9. The van der Waals surface area contributed by atoms with E-state index in [9.17, 15) is 9.59 Å². The molecular weight excluding hydrogens is 272 g/mol. The number of hydrogen-bond donors (Lipinski definition) is 0. The summed E-state index contributed by atoms with van der Waals surface area (Å²) in [6.45, 7) is 16.5. The summed E-state index contributed by atoms with van der Waals surface area (Å²) in [4.78, 5) is 19.3. The maximum atomic E-state index is 9.72. The molecule has 0 aromatic rings. The molecule has 0 aliphatic rings. The van der Waals surface area contributed by atoms with Gasteiger partial charge in [0.15, 0.2) is 0 Å². The first-order valence-electron chi connectivity index (χ1n) is 3.40. The summed E-state index contributed by atoms with van der Waals surface area (Å²) in [6.07, 6.45) is 4.71. The number of carbonyl (C=O) groups is 1. The fraction of sp³-hybridized carbons (Fsp3) is 0.200. The number of aldehydes is 1. The quantitative estimate of drug-likeness (QED) is 0.227. The standard InChI is InChI=1S/C7H8O3.3CO.Fe/c1-7(10-6-9)4-2-3-5-8;3*1-2;/h2-5,7H,1H3;;;;/q-1;;;;/t7-;;;;/m1..../s1. The van der Waals surface area contributed by atoms with Crippen LogP contribution >= 0.6 is 0 Å². The number of unbranched alkanes of at least 4 members (excludes halogenated alkanes) is 1. The summed E-state index contributed by atoms with van der Waals surface area (Å²) in [5.41, 5.74) is 0. The molecule has 0 amide bonds. The second-order valence-electron chi connectivity index (χ2n) is 1.62. The zero-order valence-electron chi connectivity index (χ0n) is 8.69. The Morgan fingerprint density at radius 1 is 1.12 bits per heavy atom. The van der Waals surface area contributed by atoms with Crippen molar-refractivity contribution in [1.29, 1.82) is 0 Å². The first kappa shape index (κ1) is 29.7. The molecule has 0 fully saturated rings. The number of ether oxygens (including phenoxy) is 1. The minimum atomic E-state index is -0.325. The third kappa shape index (κ3) is 52.2. The molecule has 1 atom stereocenters. The molecule has 0 heterocycles. The largest absolute Gasteiger partial charge is 0 e. The van der Waals surface area contributed by atoms with Crippen molar-refractivity contribution in [1.82, 2.24) is 0 Å². The van der Waals surface area contributed by atoms with Gasteiger partial charge >= 0.3 is 33.9 Å². The van der Waals surface area contributed by atoms with E-state index in [4.69, 9.17) is 14.0 Å². The molecule has 0 saturated carbocycles. The van der Waals surface area contributed by atoms with Gasteiger partial charge in [0, 0.05) is 29.9 Å². The van der Waals surface area contributed by atoms with Gasteiger partial charge in [0.2, 0.25) is 0 Å². The van der Waals surface area contributed by atoms with E-state index >= 15 is 0 Å². The van der Waals surface area contributed by atoms with Crippen LogP contribution in [0.1, 0.15) is 6.92 Å². The monoisotopic (exact) mass is 280 g/mol. The van der Waals surface area contributed by atoms with Crippen LogP contribution in [0.5, 0.6) is 0 Å². The van der Waals surface area contributed by atoms with Crippen LogP contribution in [0.2, 0.25) is 0 Å². The van der Waals surface area contributed by atoms with Crippen LogP contribution in [0.4, 0.5) is 0 Å². The average molecular weight is 280 g/mol. The Morgan fingerprint density at radius 2 is 1.53 bits per heavy atom. The van der Waals surface area contributed by atoms with Gasteiger partial charge in [-0.25, -0.2) is 0 Å². The van der Waals surface area contributed by atoms with Gasteiger partial charge in [0.1, 0.15) is 6.29 Å². The Morgan fingerprint density at radius 3 is 1.82 bits per heavy atom. The fourth-order valence-electron chi connectivity index (χ4n) is 0.381. The van der Waals surface area contributed by atoms with Gasteiger partial charge in [-0.3, -0.25) is 0 Å². The van der Waals surface area contributed by atoms with Gasteiger partial charge in [-0.2, -0.15) is 0 Å². The maximum Gasteiger partial charge on any atom is 0 e. The van der Waals surface area contributed by atoms with Gasteiger partial charge in [-0.1, -0.05) is 6.47 Å². The van der Waals surface area contributed by atoms with E-state index in [0.29, 0.717) is 6.29 Å². The molecule has 7 heteroatoms. The van der Waals surface area contributed by atoms with E-state index in [1.807, 2.05) is 0 Å². The van der Waals surface area contributed by atoms with Crippen LogP contribution in [0.25, 0.3) is 0 Å². The van der Waals surface area contributed by atoms with E-state index in [1.54, 1.807) is 13.3 Å². The van der Waals surface area contributed by atoms with E-state index in [-0.39, 0.29) is 23.2 Å². The van der Waals surface area contributed by atoms with E-state index in [2.05, 4.69) is 24.7 Å². The third-order valence-electron chi connectivity index (χ3n) is 0.806. The van der Waals surface area contributed by atoms with Crippen molar-refractivity contribution in [2.24, 2.45) is 0 Å². The summed E-state index contributed by atoms with van der Waals surface area (Å²) in [6, 6.07) is 0. The predicted molar refractivity (Wildman–Crippen MR) is 47.0 cm³/mol. The Labute approximate surface area is 111 Å². The molecule has 0 aromatic heterocycles. The Kier molecular flexibility index (Phi) is 80.7. The van der Waals surface area contributed by atoms with Crippen LogP contribution in [0.15, 0.2) is 0 Å². The van der Waals surface area contributed by atoms with Crippen molar-refractivity contribution in [3.63, 3.8) is 0 Å². The van der Waals surface area contributed by atoms with Crippen LogP contribution in [0, 0.1) is 39.2 Å². The molecule has 0 aromatic carbocycles. The smallest absolute Gasteiger partial charge is 0 e. The van der Waals surface area contributed by atoms with Gasteiger partial charge in [0.25, 0.3) is 0 Å². The molecule has 0 N–H and O–H groups in total. The van der Waals surface area contributed by atoms with Gasteiger partial charge in [-0.05, 0) is 13.3 Å². The van der Waals surface area contributed by atoms with Gasteiger partial charge in [-0.15, -0.1) is 0 Å². The summed E-state index contributed by atoms with van der Waals surface area (Å²) in [5.74, 6) is 0. The molecule has 0 aliphatic carbocycles. The second-order valence-corrected chi connectivity index (χ2v) is 1.62. The molecule has 6 nitrogen and oxygen atoms in total. The molecule has 93 valence electrons. The van der Waals surface area contributed by atoms with E-state index < -0.39 is 0 Å². The van der Waals surface area contributed by atoms with Crippen molar-refractivity contribution in [2.45, 2.75) is 13.0 Å². The summed E-state index contributed by atoms with van der Waals surface area (Å²) in [7, 11) is 0. The minimum Gasteiger partial charge on any atom is 0 e. The SMILES string of the molecule is C[C@H]([CH][CH][CH]C=O)O[C-]=O.[C-]#[O+].[C-]#[O+].[C-]#[O+].[Fe]. The molecule has 17 heavy (non-hydrogen) atoms. The molecule has 0 unspecified atom stereocenters. The Balaban J connectivity index is -0.0000000594. The summed E-state index contributed by atoms with van der Waals surface area (Å²) >= 11 is 0. The zero-order chi connectivity index (χ0) is 13.8. The third-order valence-corrected chi connectivity index (χ3v) is 0.806. The fourth-order valence-corrected chi connectivity index (χ4v) is 0.381.